The summed E-state index contributed by atoms with van der Waals surface area (Å²) in [5.74, 6) is -1.71. The third kappa shape index (κ3) is 10.0. The number of amides is 2. The van der Waals surface area contributed by atoms with Crippen LogP contribution in [0.2, 0.25) is 0 Å². The Bertz CT molecular complexity index is 427. The summed E-state index contributed by atoms with van der Waals surface area (Å²) in [4.78, 5) is 38.9. The van der Waals surface area contributed by atoms with Crippen LogP contribution in [-0.2, 0) is 19.2 Å². The monoisotopic (exact) mass is 351 g/mol. The minimum atomic E-state index is -0.594. The topological polar surface area (TPSA) is 63.7 Å². The smallest absolute Gasteiger partial charge is 0.330 e. The van der Waals surface area contributed by atoms with Gasteiger partial charge in [0.05, 0.1) is 0 Å². The summed E-state index contributed by atoms with van der Waals surface area (Å²) < 4.78 is 0. The first-order valence-electron chi connectivity index (χ1n) is 9.92. The van der Waals surface area contributed by atoms with Crippen LogP contribution in [0.1, 0.15) is 96.8 Å². The van der Waals surface area contributed by atoms with Gasteiger partial charge < -0.3 is 4.84 Å². The van der Waals surface area contributed by atoms with E-state index in [1.165, 1.54) is 64.2 Å². The molecule has 0 radical (unpaired) electrons. The molecule has 0 bridgehead atoms. The van der Waals surface area contributed by atoms with Crippen LogP contribution in [-0.4, -0.2) is 22.8 Å². The van der Waals surface area contributed by atoms with E-state index in [4.69, 9.17) is 4.84 Å². The van der Waals surface area contributed by atoms with E-state index in [1.54, 1.807) is 0 Å². The zero-order chi connectivity index (χ0) is 18.3. The highest BCUT2D eigenvalue weighted by molar-refractivity contribution is 6.12. The number of carbonyl (C=O) groups is 3. The predicted octanol–water partition coefficient (Wildman–Crippen LogP) is 4.85. The molecule has 142 valence electrons. The standard InChI is InChI=1S/C20H33NO4/c1-2-3-4-5-6-7-8-9-10-11-12-13-14-15-20(24)25-21-18(22)16-17-19(21)23/h16-17H,2-15H2,1H3. The van der Waals surface area contributed by atoms with Gasteiger partial charge in [0.25, 0.3) is 11.8 Å². The normalized spacial score (nSPS) is 13.7. The third-order valence-corrected chi connectivity index (χ3v) is 4.45. The summed E-state index contributed by atoms with van der Waals surface area (Å²) in [5.41, 5.74) is 0. The molecule has 0 aromatic carbocycles. The molecule has 25 heavy (non-hydrogen) atoms. The van der Waals surface area contributed by atoms with Gasteiger partial charge in [0.2, 0.25) is 0 Å². The van der Waals surface area contributed by atoms with Crippen LogP contribution < -0.4 is 0 Å². The molecule has 1 rings (SSSR count). The molecule has 1 heterocycles. The van der Waals surface area contributed by atoms with Crippen molar-refractivity contribution < 1.29 is 19.2 Å². The summed E-state index contributed by atoms with van der Waals surface area (Å²) >= 11 is 0. The Morgan fingerprint density at radius 1 is 0.760 bits per heavy atom. The lowest BCUT2D eigenvalue weighted by atomic mass is 10.0. The minimum absolute atomic E-state index is 0.245. The van der Waals surface area contributed by atoms with Crippen LogP contribution in [0.4, 0.5) is 0 Å². The highest BCUT2D eigenvalue weighted by Gasteiger charge is 2.27. The first-order valence-corrected chi connectivity index (χ1v) is 9.92. The maximum absolute atomic E-state index is 11.6. The SMILES string of the molecule is CCCCCCCCCCCCCCCC(=O)ON1C(=O)C=CC1=O. The van der Waals surface area contributed by atoms with Crippen LogP contribution >= 0.6 is 0 Å². The van der Waals surface area contributed by atoms with Crippen molar-refractivity contribution in [1.29, 1.82) is 0 Å². The molecule has 0 aromatic rings. The van der Waals surface area contributed by atoms with E-state index < -0.39 is 17.8 Å². The largest absolute Gasteiger partial charge is 0.333 e. The number of nitrogens with zero attached hydrogens (tertiary/aromatic N) is 1. The summed E-state index contributed by atoms with van der Waals surface area (Å²) in [5, 5.41) is 0.518. The van der Waals surface area contributed by atoms with Crippen molar-refractivity contribution in [1.82, 2.24) is 5.06 Å². The van der Waals surface area contributed by atoms with Gasteiger partial charge in [0.1, 0.15) is 0 Å². The summed E-state index contributed by atoms with van der Waals surface area (Å²) in [6, 6.07) is 0. The molecule has 0 aliphatic carbocycles. The van der Waals surface area contributed by atoms with Gasteiger partial charge in [-0.05, 0) is 6.42 Å². The molecule has 0 fully saturated rings. The van der Waals surface area contributed by atoms with Crippen molar-refractivity contribution in [2.24, 2.45) is 0 Å². The van der Waals surface area contributed by atoms with Crippen molar-refractivity contribution in [3.8, 4) is 0 Å². The maximum Gasteiger partial charge on any atom is 0.333 e. The van der Waals surface area contributed by atoms with Crippen LogP contribution in [0.15, 0.2) is 12.2 Å². The van der Waals surface area contributed by atoms with Crippen LogP contribution in [0.25, 0.3) is 0 Å². The minimum Gasteiger partial charge on any atom is -0.330 e. The Balaban J connectivity index is 1.85. The Morgan fingerprint density at radius 3 is 1.60 bits per heavy atom. The molecule has 0 N–H and O–H groups in total. The second-order valence-electron chi connectivity index (χ2n) is 6.76. The average Bonchev–Trinajstić information content (AvgIpc) is 2.91. The van der Waals surface area contributed by atoms with Crippen molar-refractivity contribution in [3.05, 3.63) is 12.2 Å². The van der Waals surface area contributed by atoms with Gasteiger partial charge in [0, 0.05) is 18.6 Å². The molecule has 1 aliphatic heterocycles. The Labute approximate surface area is 151 Å². The fourth-order valence-electron chi connectivity index (χ4n) is 2.91. The van der Waals surface area contributed by atoms with Gasteiger partial charge >= 0.3 is 5.97 Å². The molecular formula is C20H33NO4. The Morgan fingerprint density at radius 2 is 1.16 bits per heavy atom. The van der Waals surface area contributed by atoms with E-state index in [1.807, 2.05) is 0 Å². The second kappa shape index (κ2) is 13.6. The number of carbonyl (C=O) groups excluding carboxylic acids is 3. The van der Waals surface area contributed by atoms with Gasteiger partial charge in [-0.15, -0.1) is 0 Å². The Kier molecular flexibility index (Phi) is 11.7. The van der Waals surface area contributed by atoms with Crippen molar-refractivity contribution in [2.45, 2.75) is 96.8 Å². The summed E-state index contributed by atoms with van der Waals surface area (Å²) in [7, 11) is 0. The molecular weight excluding hydrogens is 318 g/mol. The quantitative estimate of drug-likeness (QED) is 0.312. The number of hydrogen-bond donors (Lipinski definition) is 0. The second-order valence-corrected chi connectivity index (χ2v) is 6.76. The lowest BCUT2D eigenvalue weighted by Crippen LogP contribution is -2.32. The van der Waals surface area contributed by atoms with Crippen molar-refractivity contribution >= 4 is 17.8 Å². The van der Waals surface area contributed by atoms with Gasteiger partial charge in [-0.1, -0.05) is 89.0 Å². The van der Waals surface area contributed by atoms with Crippen LogP contribution in [0.5, 0.6) is 0 Å². The van der Waals surface area contributed by atoms with E-state index in [2.05, 4.69) is 6.92 Å². The molecule has 0 atom stereocenters. The fourth-order valence-corrected chi connectivity index (χ4v) is 2.91. The molecule has 0 unspecified atom stereocenters. The lowest BCUT2D eigenvalue weighted by Gasteiger charge is -2.12. The predicted molar refractivity (Wildman–Crippen MR) is 97.4 cm³/mol. The van der Waals surface area contributed by atoms with E-state index in [-0.39, 0.29) is 6.42 Å². The molecule has 0 aromatic heterocycles. The molecule has 1 aliphatic rings. The third-order valence-electron chi connectivity index (χ3n) is 4.45. The van der Waals surface area contributed by atoms with Crippen molar-refractivity contribution in [2.75, 3.05) is 0 Å². The van der Waals surface area contributed by atoms with E-state index in [0.29, 0.717) is 5.06 Å². The maximum atomic E-state index is 11.6. The van der Waals surface area contributed by atoms with Gasteiger partial charge in [-0.25, -0.2) is 4.79 Å². The first kappa shape index (κ1) is 21.4. The van der Waals surface area contributed by atoms with E-state index in [9.17, 15) is 14.4 Å². The number of hydrogen-bond acceptors (Lipinski definition) is 4. The molecule has 5 heteroatoms. The molecule has 5 nitrogen and oxygen atoms in total. The van der Waals surface area contributed by atoms with Gasteiger partial charge in [0.15, 0.2) is 0 Å². The Hall–Kier alpha value is -1.65. The fraction of sp³-hybridized carbons (Fsp3) is 0.750. The number of unbranched alkanes of at least 4 members (excludes halogenated alkanes) is 12. The number of imide groups is 1. The van der Waals surface area contributed by atoms with E-state index >= 15 is 0 Å². The number of hydroxylamine groups is 2. The lowest BCUT2D eigenvalue weighted by molar-refractivity contribution is -0.196. The summed E-state index contributed by atoms with van der Waals surface area (Å²) in [6.07, 6.45) is 18.6. The van der Waals surface area contributed by atoms with Gasteiger partial charge in [-0.2, -0.15) is 0 Å². The van der Waals surface area contributed by atoms with Crippen molar-refractivity contribution in [3.63, 3.8) is 0 Å². The zero-order valence-electron chi connectivity index (χ0n) is 15.6. The summed E-state index contributed by atoms with van der Waals surface area (Å²) in [6.45, 7) is 2.25. The molecule has 0 saturated heterocycles. The average molecular weight is 351 g/mol. The van der Waals surface area contributed by atoms with Crippen LogP contribution in [0, 0.1) is 0 Å². The number of rotatable bonds is 15. The molecule has 0 spiro atoms. The zero-order valence-corrected chi connectivity index (χ0v) is 15.6. The van der Waals surface area contributed by atoms with Crippen LogP contribution in [0.3, 0.4) is 0 Å². The molecule has 0 saturated carbocycles. The first-order chi connectivity index (χ1) is 12.1. The molecule has 2 amide bonds. The highest BCUT2D eigenvalue weighted by Crippen LogP contribution is 2.13. The van der Waals surface area contributed by atoms with Gasteiger partial charge in [-0.3, -0.25) is 9.59 Å². The van der Waals surface area contributed by atoms with E-state index in [0.717, 1.165) is 31.4 Å². The highest BCUT2D eigenvalue weighted by atomic mass is 16.7.